The number of ether oxygens (including phenoxy) is 1. The summed E-state index contributed by atoms with van der Waals surface area (Å²) in [7, 11) is 0. The van der Waals surface area contributed by atoms with E-state index in [1.54, 1.807) is 0 Å². The summed E-state index contributed by atoms with van der Waals surface area (Å²) in [5.74, 6) is 1.09. The normalized spacial score (nSPS) is 15.8. The summed E-state index contributed by atoms with van der Waals surface area (Å²) >= 11 is 0. The number of hydrogen-bond acceptors (Lipinski definition) is 6. The van der Waals surface area contributed by atoms with E-state index >= 15 is 0 Å². The summed E-state index contributed by atoms with van der Waals surface area (Å²) in [6.07, 6.45) is 1.99. The van der Waals surface area contributed by atoms with E-state index < -0.39 is 0 Å². The number of nitriles is 1. The van der Waals surface area contributed by atoms with Gasteiger partial charge in [-0.25, -0.2) is 0 Å². The van der Waals surface area contributed by atoms with Crippen molar-refractivity contribution in [2.45, 2.75) is 25.5 Å². The van der Waals surface area contributed by atoms with E-state index in [0.717, 1.165) is 54.7 Å². The van der Waals surface area contributed by atoms with Crippen molar-refractivity contribution in [3.63, 3.8) is 0 Å². The van der Waals surface area contributed by atoms with E-state index in [1.165, 1.54) is 0 Å². The maximum absolute atomic E-state index is 9.23. The number of anilines is 1. The average Bonchev–Trinajstić information content (AvgIpc) is 3.06. The molecule has 0 amide bonds. The lowest BCUT2D eigenvalue weighted by Gasteiger charge is -2.32. The number of nitrogen functional groups attached to an aromatic ring is 1. The summed E-state index contributed by atoms with van der Waals surface area (Å²) in [6, 6.07) is 15.7. The fraction of sp³-hybridized carbons (Fsp3) is 0.300. The molecule has 1 aliphatic heterocycles. The number of rotatable bonds is 4. The van der Waals surface area contributed by atoms with Gasteiger partial charge in [0, 0.05) is 19.6 Å². The first-order valence-electron chi connectivity index (χ1n) is 8.75. The molecule has 1 aliphatic rings. The Hall–Kier alpha value is -3.04. The molecular weight excluding hydrogens is 328 g/mol. The molecule has 6 nitrogen and oxygen atoms in total. The summed E-state index contributed by atoms with van der Waals surface area (Å²) in [5, 5.41) is 13.8. The van der Waals surface area contributed by atoms with Gasteiger partial charge in [0.15, 0.2) is 11.4 Å². The predicted octanol–water partition coefficient (Wildman–Crippen LogP) is 3.33. The third-order valence-electron chi connectivity index (χ3n) is 4.85. The fourth-order valence-electron chi connectivity index (χ4n) is 3.45. The van der Waals surface area contributed by atoms with Crippen LogP contribution in [0, 0.1) is 11.3 Å². The number of nitrogens with zero attached hydrogens (tertiary/aromatic N) is 3. The Morgan fingerprint density at radius 3 is 2.81 bits per heavy atom. The van der Waals surface area contributed by atoms with Crippen LogP contribution in [0.1, 0.15) is 24.0 Å². The minimum Gasteiger partial charge on any atom is -0.489 e. The van der Waals surface area contributed by atoms with Gasteiger partial charge < -0.3 is 15.0 Å². The second-order valence-corrected chi connectivity index (χ2v) is 6.56. The highest BCUT2D eigenvalue weighted by molar-refractivity contribution is 5.92. The average molecular weight is 348 g/mol. The number of fused-ring (bicyclic) bond motifs is 1. The van der Waals surface area contributed by atoms with E-state index in [1.807, 2.05) is 42.5 Å². The number of likely N-dealkylation sites (tertiary alicyclic amines) is 1. The molecule has 2 N–H and O–H groups in total. The predicted molar refractivity (Wildman–Crippen MR) is 98.5 cm³/mol. The first-order chi connectivity index (χ1) is 12.7. The van der Waals surface area contributed by atoms with Crippen molar-refractivity contribution >= 4 is 16.8 Å². The first kappa shape index (κ1) is 16.4. The van der Waals surface area contributed by atoms with Crippen LogP contribution in [0.2, 0.25) is 0 Å². The van der Waals surface area contributed by atoms with E-state index in [-0.39, 0.29) is 6.10 Å². The van der Waals surface area contributed by atoms with Crippen molar-refractivity contribution in [3.8, 4) is 11.8 Å². The van der Waals surface area contributed by atoms with Crippen molar-refractivity contribution in [3.05, 3.63) is 53.6 Å². The van der Waals surface area contributed by atoms with Crippen LogP contribution in [0.4, 0.5) is 5.82 Å². The summed E-state index contributed by atoms with van der Waals surface area (Å²) in [6.45, 7) is 2.66. The molecule has 0 radical (unpaired) electrons. The van der Waals surface area contributed by atoms with Crippen molar-refractivity contribution < 1.29 is 9.26 Å². The minimum absolute atomic E-state index is 0.136. The third-order valence-corrected chi connectivity index (χ3v) is 4.85. The Morgan fingerprint density at radius 1 is 1.19 bits per heavy atom. The van der Waals surface area contributed by atoms with Crippen LogP contribution in [0.3, 0.4) is 0 Å². The highest BCUT2D eigenvalue weighted by Gasteiger charge is 2.22. The Bertz CT molecular complexity index is 952. The molecule has 2 heterocycles. The van der Waals surface area contributed by atoms with Crippen LogP contribution in [-0.4, -0.2) is 29.3 Å². The Morgan fingerprint density at radius 2 is 2.00 bits per heavy atom. The molecule has 0 unspecified atom stereocenters. The van der Waals surface area contributed by atoms with Crippen molar-refractivity contribution in [2.75, 3.05) is 18.8 Å². The van der Waals surface area contributed by atoms with Crippen LogP contribution < -0.4 is 10.5 Å². The van der Waals surface area contributed by atoms with Gasteiger partial charge in [0.25, 0.3) is 0 Å². The second-order valence-electron chi connectivity index (χ2n) is 6.56. The maximum atomic E-state index is 9.23. The van der Waals surface area contributed by atoms with E-state index in [4.69, 9.17) is 15.0 Å². The molecule has 0 spiro atoms. The number of nitrogens with two attached hydrogens (primary N) is 1. The molecule has 26 heavy (non-hydrogen) atoms. The molecule has 0 atom stereocenters. The second kappa shape index (κ2) is 7.06. The molecule has 0 saturated carbocycles. The molecule has 0 aliphatic carbocycles. The summed E-state index contributed by atoms with van der Waals surface area (Å²) in [5.41, 5.74) is 8.37. The van der Waals surface area contributed by atoms with Crippen molar-refractivity contribution in [2.24, 2.45) is 0 Å². The lowest BCUT2D eigenvalue weighted by molar-refractivity contribution is 0.0979. The molecule has 3 aromatic rings. The highest BCUT2D eigenvalue weighted by atomic mass is 16.5. The number of aromatic nitrogens is 1. The van der Waals surface area contributed by atoms with Gasteiger partial charge in [-0.05, 0) is 36.6 Å². The van der Waals surface area contributed by atoms with Gasteiger partial charge in [-0.1, -0.05) is 29.4 Å². The molecule has 4 rings (SSSR count). The molecule has 1 saturated heterocycles. The quantitative estimate of drug-likeness (QED) is 0.778. The molecular formula is C20H20N4O2. The summed E-state index contributed by atoms with van der Waals surface area (Å²) in [4.78, 5) is 2.37. The van der Waals surface area contributed by atoms with Gasteiger partial charge in [0.05, 0.1) is 11.6 Å². The van der Waals surface area contributed by atoms with E-state index in [2.05, 4.69) is 16.1 Å². The zero-order valence-corrected chi connectivity index (χ0v) is 14.4. The maximum Gasteiger partial charge on any atom is 0.178 e. The zero-order valence-electron chi connectivity index (χ0n) is 14.4. The van der Waals surface area contributed by atoms with Crippen LogP contribution >= 0.6 is 0 Å². The largest absolute Gasteiger partial charge is 0.489 e. The van der Waals surface area contributed by atoms with Crippen LogP contribution in [-0.2, 0) is 6.54 Å². The first-order valence-corrected chi connectivity index (χ1v) is 8.75. The zero-order chi connectivity index (χ0) is 17.9. The smallest absolute Gasteiger partial charge is 0.178 e. The Labute approximate surface area is 151 Å². The summed E-state index contributed by atoms with van der Waals surface area (Å²) < 4.78 is 11.4. The van der Waals surface area contributed by atoms with Crippen molar-refractivity contribution in [1.29, 1.82) is 5.26 Å². The van der Waals surface area contributed by atoms with Crippen LogP contribution in [0.5, 0.6) is 5.75 Å². The lowest BCUT2D eigenvalue weighted by Crippen LogP contribution is -2.38. The van der Waals surface area contributed by atoms with Gasteiger partial charge in [-0.3, -0.25) is 4.90 Å². The van der Waals surface area contributed by atoms with Crippen molar-refractivity contribution in [1.82, 2.24) is 10.1 Å². The molecule has 1 fully saturated rings. The Kier molecular flexibility index (Phi) is 4.46. The lowest BCUT2D eigenvalue weighted by atomic mass is 10.0. The SMILES string of the molecule is N#Cc1ccccc1CN1CCC(Oc2cccc3onc(N)c23)CC1. The molecule has 2 aromatic carbocycles. The number of benzene rings is 2. The van der Waals surface area contributed by atoms with Gasteiger partial charge >= 0.3 is 0 Å². The molecule has 0 bridgehead atoms. The Balaban J connectivity index is 1.39. The monoisotopic (exact) mass is 348 g/mol. The number of piperidine rings is 1. The van der Waals surface area contributed by atoms with Gasteiger partial charge in [-0.15, -0.1) is 0 Å². The van der Waals surface area contributed by atoms with Gasteiger partial charge in [-0.2, -0.15) is 5.26 Å². The van der Waals surface area contributed by atoms with Crippen LogP contribution in [0.15, 0.2) is 47.0 Å². The van der Waals surface area contributed by atoms with E-state index in [9.17, 15) is 5.26 Å². The standard InChI is InChI=1S/C20H20N4O2/c21-12-14-4-1-2-5-15(14)13-24-10-8-16(9-11-24)25-17-6-3-7-18-19(17)20(22)23-26-18/h1-7,16H,8-11,13H2,(H2,22,23). The molecule has 6 heteroatoms. The highest BCUT2D eigenvalue weighted by Crippen LogP contribution is 2.32. The van der Waals surface area contributed by atoms with Gasteiger partial charge in [0.1, 0.15) is 17.2 Å². The minimum atomic E-state index is 0.136. The molecule has 132 valence electrons. The molecule has 1 aromatic heterocycles. The van der Waals surface area contributed by atoms with Crippen LogP contribution in [0.25, 0.3) is 11.0 Å². The third kappa shape index (κ3) is 3.22. The number of hydrogen-bond donors (Lipinski definition) is 1. The van der Waals surface area contributed by atoms with E-state index in [0.29, 0.717) is 11.4 Å². The van der Waals surface area contributed by atoms with Gasteiger partial charge in [0.2, 0.25) is 0 Å². The topological polar surface area (TPSA) is 88.3 Å². The fourth-order valence-corrected chi connectivity index (χ4v) is 3.45.